The zero-order valence-electron chi connectivity index (χ0n) is 15.9. The summed E-state index contributed by atoms with van der Waals surface area (Å²) in [4.78, 5) is 35.9. The monoisotopic (exact) mass is 391 g/mol. The van der Waals surface area contributed by atoms with Crippen molar-refractivity contribution in [3.63, 3.8) is 0 Å². The van der Waals surface area contributed by atoms with Crippen LogP contribution in [0.3, 0.4) is 0 Å². The molecule has 28 heavy (non-hydrogen) atoms. The van der Waals surface area contributed by atoms with Crippen LogP contribution in [-0.4, -0.2) is 37.6 Å². The maximum Gasteiger partial charge on any atom is 0.374 e. The molecule has 2 rings (SSSR count). The maximum absolute atomic E-state index is 13.0. The minimum Gasteiger partial charge on any atom is -0.467 e. The molecule has 0 fully saturated rings. The molecular formula is C20H22FNO6. The molecule has 0 aliphatic heterocycles. The first-order valence-corrected chi connectivity index (χ1v) is 8.75. The van der Waals surface area contributed by atoms with E-state index in [1.807, 2.05) is 6.92 Å². The molecule has 0 spiro atoms. The Morgan fingerprint density at radius 2 is 1.82 bits per heavy atom. The van der Waals surface area contributed by atoms with Crippen molar-refractivity contribution in [3.8, 4) is 11.3 Å². The largest absolute Gasteiger partial charge is 0.467 e. The lowest BCUT2D eigenvalue weighted by molar-refractivity contribution is -0.147. The van der Waals surface area contributed by atoms with Crippen molar-refractivity contribution in [1.82, 2.24) is 5.32 Å². The zero-order chi connectivity index (χ0) is 20.7. The van der Waals surface area contributed by atoms with Gasteiger partial charge in [0.25, 0.3) is 5.91 Å². The van der Waals surface area contributed by atoms with Crippen molar-refractivity contribution in [1.29, 1.82) is 0 Å². The molecule has 0 aliphatic carbocycles. The van der Waals surface area contributed by atoms with Crippen LogP contribution in [0, 0.1) is 11.7 Å². The molecule has 0 bridgehead atoms. The van der Waals surface area contributed by atoms with E-state index in [1.165, 1.54) is 37.4 Å². The number of methoxy groups -OCH3 is 1. The summed E-state index contributed by atoms with van der Waals surface area (Å²) in [7, 11) is 1.24. The van der Waals surface area contributed by atoms with Crippen molar-refractivity contribution >= 4 is 17.8 Å². The summed E-state index contributed by atoms with van der Waals surface area (Å²) < 4.78 is 28.0. The number of carbonyl (C=O) groups excluding carboxylic acids is 3. The van der Waals surface area contributed by atoms with Gasteiger partial charge in [-0.1, -0.05) is 20.3 Å². The highest BCUT2D eigenvalue weighted by Crippen LogP contribution is 2.22. The van der Waals surface area contributed by atoms with Gasteiger partial charge in [-0.25, -0.2) is 14.0 Å². The van der Waals surface area contributed by atoms with Gasteiger partial charge in [-0.05, 0) is 42.3 Å². The van der Waals surface area contributed by atoms with E-state index in [-0.39, 0.29) is 17.5 Å². The van der Waals surface area contributed by atoms with E-state index < -0.39 is 30.5 Å². The summed E-state index contributed by atoms with van der Waals surface area (Å²) in [5.41, 5.74) is 0.590. The Morgan fingerprint density at radius 3 is 2.43 bits per heavy atom. The van der Waals surface area contributed by atoms with Crippen LogP contribution in [0.25, 0.3) is 11.3 Å². The lowest BCUT2D eigenvalue weighted by atomic mass is 9.99. The van der Waals surface area contributed by atoms with E-state index in [9.17, 15) is 18.8 Å². The number of hydrogen-bond donors (Lipinski definition) is 1. The van der Waals surface area contributed by atoms with E-state index in [2.05, 4.69) is 10.1 Å². The maximum atomic E-state index is 13.0. The van der Waals surface area contributed by atoms with E-state index in [1.54, 1.807) is 13.0 Å². The Kier molecular flexibility index (Phi) is 7.31. The average molecular weight is 391 g/mol. The fourth-order valence-corrected chi connectivity index (χ4v) is 2.43. The third kappa shape index (κ3) is 5.42. The molecule has 8 heteroatoms. The van der Waals surface area contributed by atoms with E-state index in [0.717, 1.165) is 0 Å². The van der Waals surface area contributed by atoms with Gasteiger partial charge in [0.15, 0.2) is 6.61 Å². The van der Waals surface area contributed by atoms with Crippen LogP contribution in [0.4, 0.5) is 4.39 Å². The minimum absolute atomic E-state index is 0.0985. The predicted octanol–water partition coefficient (Wildman–Crippen LogP) is 2.95. The lowest BCUT2D eigenvalue weighted by Gasteiger charge is -2.21. The number of amides is 1. The standard InChI is InChI=1S/C20H22FNO6/c1-4-12(2)18(20(25)26-3)22-17(23)11-27-19(24)16-10-9-15(28-16)13-5-7-14(21)8-6-13/h5-10,12,18H,4,11H2,1-3H3,(H,22,23)/t12-,18+/m1/s1. The van der Waals surface area contributed by atoms with Crippen LogP contribution in [0.2, 0.25) is 0 Å². The van der Waals surface area contributed by atoms with Crippen LogP contribution in [0.5, 0.6) is 0 Å². The number of halogens is 1. The van der Waals surface area contributed by atoms with E-state index in [4.69, 9.17) is 9.15 Å². The molecule has 1 heterocycles. The van der Waals surface area contributed by atoms with Crippen LogP contribution in [0.1, 0.15) is 30.8 Å². The predicted molar refractivity (Wildman–Crippen MR) is 97.8 cm³/mol. The average Bonchev–Trinajstić information content (AvgIpc) is 3.19. The van der Waals surface area contributed by atoms with Gasteiger partial charge in [0.1, 0.15) is 17.6 Å². The Labute approximate surface area is 161 Å². The second-order valence-electron chi connectivity index (χ2n) is 6.20. The van der Waals surface area contributed by atoms with Gasteiger partial charge in [-0.3, -0.25) is 4.79 Å². The molecular weight excluding hydrogens is 369 g/mol. The number of carbonyl (C=O) groups is 3. The Morgan fingerprint density at radius 1 is 1.14 bits per heavy atom. The topological polar surface area (TPSA) is 94.8 Å². The summed E-state index contributed by atoms with van der Waals surface area (Å²) in [6.45, 7) is 3.10. The van der Waals surface area contributed by atoms with Crippen LogP contribution < -0.4 is 5.32 Å². The highest BCUT2D eigenvalue weighted by atomic mass is 19.1. The molecule has 0 saturated heterocycles. The number of nitrogens with one attached hydrogen (secondary N) is 1. The fraction of sp³-hybridized carbons (Fsp3) is 0.350. The van der Waals surface area contributed by atoms with Crippen LogP contribution in [-0.2, 0) is 19.1 Å². The third-order valence-corrected chi connectivity index (χ3v) is 4.25. The molecule has 0 radical (unpaired) electrons. The van der Waals surface area contributed by atoms with E-state index in [0.29, 0.717) is 17.7 Å². The smallest absolute Gasteiger partial charge is 0.374 e. The summed E-state index contributed by atoms with van der Waals surface area (Å²) >= 11 is 0. The number of furan rings is 1. The number of esters is 2. The highest BCUT2D eigenvalue weighted by molar-refractivity contribution is 5.90. The first-order chi connectivity index (χ1) is 13.3. The summed E-state index contributed by atoms with van der Waals surface area (Å²) in [6, 6.07) is 7.69. The van der Waals surface area contributed by atoms with Crippen molar-refractivity contribution in [2.24, 2.45) is 5.92 Å². The molecule has 7 nitrogen and oxygen atoms in total. The zero-order valence-corrected chi connectivity index (χ0v) is 15.9. The van der Waals surface area contributed by atoms with Crippen LogP contribution in [0.15, 0.2) is 40.8 Å². The summed E-state index contributed by atoms with van der Waals surface area (Å²) in [5.74, 6) is -2.29. The first kappa shape index (κ1) is 21.1. The Bertz CT molecular complexity index is 829. The van der Waals surface area contributed by atoms with Crippen LogP contribution >= 0.6 is 0 Å². The number of ether oxygens (including phenoxy) is 2. The number of rotatable bonds is 8. The van der Waals surface area contributed by atoms with Crippen molar-refractivity contribution in [2.45, 2.75) is 26.3 Å². The van der Waals surface area contributed by atoms with Gasteiger partial charge < -0.3 is 19.2 Å². The molecule has 150 valence electrons. The molecule has 0 aliphatic rings. The number of benzene rings is 1. The van der Waals surface area contributed by atoms with Gasteiger partial charge in [-0.15, -0.1) is 0 Å². The van der Waals surface area contributed by atoms with Gasteiger partial charge in [0.05, 0.1) is 7.11 Å². The molecule has 1 N–H and O–H groups in total. The normalized spacial score (nSPS) is 12.7. The molecule has 1 amide bonds. The molecule has 0 saturated carbocycles. The van der Waals surface area contributed by atoms with Gasteiger partial charge in [0, 0.05) is 5.56 Å². The van der Waals surface area contributed by atoms with Crippen molar-refractivity contribution in [3.05, 3.63) is 48.0 Å². The Balaban J connectivity index is 1.93. The second-order valence-corrected chi connectivity index (χ2v) is 6.20. The molecule has 1 aromatic carbocycles. The third-order valence-electron chi connectivity index (χ3n) is 4.25. The van der Waals surface area contributed by atoms with Crippen molar-refractivity contribution < 1.29 is 32.7 Å². The minimum atomic E-state index is -0.832. The number of hydrogen-bond acceptors (Lipinski definition) is 6. The Hall–Kier alpha value is -3.16. The van der Waals surface area contributed by atoms with Gasteiger partial charge >= 0.3 is 11.9 Å². The molecule has 1 aromatic heterocycles. The fourth-order valence-electron chi connectivity index (χ4n) is 2.43. The quantitative estimate of drug-likeness (QED) is 0.695. The second kappa shape index (κ2) is 9.68. The van der Waals surface area contributed by atoms with Crippen molar-refractivity contribution in [2.75, 3.05) is 13.7 Å². The first-order valence-electron chi connectivity index (χ1n) is 8.75. The molecule has 0 unspecified atom stereocenters. The molecule has 2 atom stereocenters. The van der Waals surface area contributed by atoms with Gasteiger partial charge in [-0.2, -0.15) is 0 Å². The highest BCUT2D eigenvalue weighted by Gasteiger charge is 2.27. The summed E-state index contributed by atoms with van der Waals surface area (Å²) in [6.07, 6.45) is 0.651. The summed E-state index contributed by atoms with van der Waals surface area (Å²) in [5, 5.41) is 2.50. The SMILES string of the molecule is CC[C@@H](C)[C@H](NC(=O)COC(=O)c1ccc(-c2ccc(F)cc2)o1)C(=O)OC. The van der Waals surface area contributed by atoms with Gasteiger partial charge in [0.2, 0.25) is 5.76 Å². The van der Waals surface area contributed by atoms with E-state index >= 15 is 0 Å². The lowest BCUT2D eigenvalue weighted by Crippen LogP contribution is -2.47. The molecule has 2 aromatic rings.